The van der Waals surface area contributed by atoms with Crippen LogP contribution in [-0.4, -0.2) is 32.1 Å². The van der Waals surface area contributed by atoms with Crippen LogP contribution in [0.5, 0.6) is 0 Å². The number of hydrazone groups is 1. The van der Waals surface area contributed by atoms with Gasteiger partial charge in [-0.1, -0.05) is 72.8 Å². The minimum absolute atomic E-state index is 0.0641. The number of rotatable bonds is 7. The first-order valence-corrected chi connectivity index (χ1v) is 12.7. The summed E-state index contributed by atoms with van der Waals surface area (Å²) >= 11 is 0. The number of benzene rings is 4. The Morgan fingerprint density at radius 1 is 0.833 bits per heavy atom. The Morgan fingerprint density at radius 2 is 1.44 bits per heavy atom. The minimum atomic E-state index is -4.03. The van der Waals surface area contributed by atoms with Gasteiger partial charge in [0.25, 0.3) is 15.9 Å². The van der Waals surface area contributed by atoms with Gasteiger partial charge in [0, 0.05) is 11.8 Å². The van der Waals surface area contributed by atoms with Crippen molar-refractivity contribution in [3.8, 4) is 0 Å². The molecule has 8 heteroatoms. The summed E-state index contributed by atoms with van der Waals surface area (Å²) in [5.41, 5.74) is 3.34. The molecule has 0 atom stereocenters. The molecule has 0 aliphatic heterocycles. The number of amides is 1. The van der Waals surface area contributed by atoms with Gasteiger partial charge in [-0.05, 0) is 51.9 Å². The summed E-state index contributed by atoms with van der Waals surface area (Å²) in [6, 6.07) is 30.8. The number of sulfonamides is 1. The Bertz CT molecular complexity index is 1620. The summed E-state index contributed by atoms with van der Waals surface area (Å²) in [6.07, 6.45) is 3.07. The van der Waals surface area contributed by atoms with E-state index in [-0.39, 0.29) is 10.7 Å². The zero-order valence-electron chi connectivity index (χ0n) is 19.2. The number of nitrogens with one attached hydrogen (secondary N) is 1. The van der Waals surface area contributed by atoms with Crippen LogP contribution in [0.15, 0.2) is 119 Å². The largest absolute Gasteiger partial charge is 0.271 e. The van der Waals surface area contributed by atoms with Gasteiger partial charge in [-0.3, -0.25) is 4.79 Å². The second-order valence-corrected chi connectivity index (χ2v) is 9.90. The molecule has 1 amide bonds. The van der Waals surface area contributed by atoms with Gasteiger partial charge in [-0.15, -0.1) is 0 Å². The summed E-state index contributed by atoms with van der Waals surface area (Å²) in [5.74, 6) is -0.457. The van der Waals surface area contributed by atoms with Crippen molar-refractivity contribution in [2.75, 3.05) is 10.8 Å². The molecule has 0 aliphatic carbocycles. The highest BCUT2D eigenvalue weighted by Crippen LogP contribution is 2.27. The summed E-state index contributed by atoms with van der Waals surface area (Å²) in [4.78, 5) is 17.1. The lowest BCUT2D eigenvalue weighted by molar-refractivity contribution is -0.119. The standard InChI is InChI=1S/C28H22N4O3S/c33-28(20-32(27-16-8-9-17-29-27)36(34,35)23-12-2-1-3-13-23)31-30-19-26-24-14-6-4-10-21(24)18-22-11-5-7-15-25(22)26/h1-19H,20H2,(H,31,33). The van der Waals surface area contributed by atoms with E-state index in [4.69, 9.17) is 0 Å². The summed E-state index contributed by atoms with van der Waals surface area (Å²) < 4.78 is 27.6. The Kier molecular flexibility index (Phi) is 6.42. The van der Waals surface area contributed by atoms with E-state index in [9.17, 15) is 13.2 Å². The molecule has 5 rings (SSSR count). The van der Waals surface area contributed by atoms with Crippen molar-refractivity contribution >= 4 is 49.5 Å². The molecule has 0 fully saturated rings. The molecule has 5 aromatic rings. The predicted octanol–water partition coefficient (Wildman–Crippen LogP) is 4.73. The van der Waals surface area contributed by atoms with Gasteiger partial charge in [0.2, 0.25) is 0 Å². The fourth-order valence-corrected chi connectivity index (χ4v) is 5.43. The normalized spacial score (nSPS) is 11.7. The van der Waals surface area contributed by atoms with Crippen molar-refractivity contribution in [1.82, 2.24) is 10.4 Å². The molecule has 0 saturated carbocycles. The third-order valence-electron chi connectivity index (χ3n) is 5.72. The van der Waals surface area contributed by atoms with Gasteiger partial charge in [0.15, 0.2) is 0 Å². The average Bonchev–Trinajstić information content (AvgIpc) is 2.92. The predicted molar refractivity (Wildman–Crippen MR) is 142 cm³/mol. The number of anilines is 1. The maximum atomic E-state index is 13.3. The molecule has 7 nitrogen and oxygen atoms in total. The van der Waals surface area contributed by atoms with Gasteiger partial charge in [0.05, 0.1) is 11.1 Å². The molecular weight excluding hydrogens is 472 g/mol. The lowest BCUT2D eigenvalue weighted by atomic mass is 9.97. The van der Waals surface area contributed by atoms with E-state index in [1.54, 1.807) is 42.6 Å². The third kappa shape index (κ3) is 4.67. The van der Waals surface area contributed by atoms with Crippen LogP contribution in [0.25, 0.3) is 21.5 Å². The van der Waals surface area contributed by atoms with E-state index in [2.05, 4.69) is 21.6 Å². The first kappa shape index (κ1) is 23.2. The molecule has 36 heavy (non-hydrogen) atoms. The highest BCUT2D eigenvalue weighted by molar-refractivity contribution is 7.92. The summed E-state index contributed by atoms with van der Waals surface area (Å²) in [6.45, 7) is -0.484. The third-order valence-corrected chi connectivity index (χ3v) is 7.48. The fourth-order valence-electron chi connectivity index (χ4n) is 4.03. The highest BCUT2D eigenvalue weighted by atomic mass is 32.2. The molecule has 4 aromatic carbocycles. The number of carbonyl (C=O) groups is 1. The zero-order valence-corrected chi connectivity index (χ0v) is 20.0. The van der Waals surface area contributed by atoms with Gasteiger partial charge in [-0.25, -0.2) is 23.1 Å². The van der Waals surface area contributed by atoms with E-state index in [1.807, 2.05) is 48.5 Å². The molecule has 0 radical (unpaired) electrons. The van der Waals surface area contributed by atoms with Crippen LogP contribution in [0.1, 0.15) is 5.56 Å². The van der Waals surface area contributed by atoms with Crippen LogP contribution in [-0.2, 0) is 14.8 Å². The smallest absolute Gasteiger partial charge is 0.265 e. The van der Waals surface area contributed by atoms with Crippen LogP contribution in [0.3, 0.4) is 0 Å². The maximum absolute atomic E-state index is 13.3. The van der Waals surface area contributed by atoms with Crippen molar-refractivity contribution in [3.63, 3.8) is 0 Å². The van der Waals surface area contributed by atoms with Crippen LogP contribution in [0.4, 0.5) is 5.82 Å². The number of hydrogen-bond acceptors (Lipinski definition) is 5. The van der Waals surface area contributed by atoms with E-state index in [0.29, 0.717) is 0 Å². The number of aromatic nitrogens is 1. The van der Waals surface area contributed by atoms with Crippen LogP contribution >= 0.6 is 0 Å². The van der Waals surface area contributed by atoms with Crippen LogP contribution < -0.4 is 9.73 Å². The van der Waals surface area contributed by atoms with Crippen molar-refractivity contribution in [1.29, 1.82) is 0 Å². The van der Waals surface area contributed by atoms with E-state index < -0.39 is 22.5 Å². The van der Waals surface area contributed by atoms with Gasteiger partial charge in [0.1, 0.15) is 12.4 Å². The molecular formula is C28H22N4O3S. The fraction of sp³-hybridized carbons (Fsp3) is 0.0357. The van der Waals surface area contributed by atoms with E-state index in [1.165, 1.54) is 18.3 Å². The summed E-state index contributed by atoms with van der Waals surface area (Å²) in [7, 11) is -4.03. The molecule has 0 bridgehead atoms. The van der Waals surface area contributed by atoms with Gasteiger partial charge < -0.3 is 0 Å². The highest BCUT2D eigenvalue weighted by Gasteiger charge is 2.27. The lowest BCUT2D eigenvalue weighted by Gasteiger charge is -2.22. The number of pyridine rings is 1. The number of fused-ring (bicyclic) bond motifs is 2. The van der Waals surface area contributed by atoms with E-state index in [0.717, 1.165) is 31.4 Å². The Hall–Kier alpha value is -4.56. The van der Waals surface area contributed by atoms with Crippen molar-refractivity contribution in [3.05, 3.63) is 115 Å². The second kappa shape index (κ2) is 9.97. The quantitative estimate of drug-likeness (QED) is 0.201. The topological polar surface area (TPSA) is 91.7 Å². The molecule has 1 N–H and O–H groups in total. The monoisotopic (exact) mass is 494 g/mol. The first-order chi connectivity index (χ1) is 17.5. The van der Waals surface area contributed by atoms with Crippen LogP contribution in [0.2, 0.25) is 0 Å². The molecule has 178 valence electrons. The SMILES string of the molecule is O=C(CN(c1ccccn1)S(=O)(=O)c1ccccc1)NN=Cc1c2ccccc2cc2ccccc12. The molecule has 1 aromatic heterocycles. The van der Waals surface area contributed by atoms with E-state index >= 15 is 0 Å². The Morgan fingerprint density at radius 3 is 2.08 bits per heavy atom. The lowest BCUT2D eigenvalue weighted by Crippen LogP contribution is -2.40. The van der Waals surface area contributed by atoms with Gasteiger partial charge in [-0.2, -0.15) is 5.10 Å². The number of hydrogen-bond donors (Lipinski definition) is 1. The second-order valence-electron chi connectivity index (χ2n) is 8.04. The number of carbonyl (C=O) groups excluding carboxylic acids is 1. The van der Waals surface area contributed by atoms with Gasteiger partial charge >= 0.3 is 0 Å². The molecule has 1 heterocycles. The maximum Gasteiger partial charge on any atom is 0.265 e. The van der Waals surface area contributed by atoms with Crippen LogP contribution in [0, 0.1) is 0 Å². The van der Waals surface area contributed by atoms with Crippen molar-refractivity contribution in [2.24, 2.45) is 5.10 Å². The molecule has 0 aliphatic rings. The Labute approximate surface area is 208 Å². The average molecular weight is 495 g/mol. The molecule has 0 spiro atoms. The summed E-state index contributed by atoms with van der Waals surface area (Å²) in [5, 5.41) is 8.28. The molecule has 0 saturated heterocycles. The van der Waals surface area contributed by atoms with Crippen molar-refractivity contribution < 1.29 is 13.2 Å². The van der Waals surface area contributed by atoms with Crippen molar-refractivity contribution in [2.45, 2.75) is 4.90 Å². The number of nitrogens with zero attached hydrogens (tertiary/aromatic N) is 3. The Balaban J connectivity index is 1.43. The zero-order chi connectivity index (χ0) is 25.0. The first-order valence-electron chi connectivity index (χ1n) is 11.3. The minimum Gasteiger partial charge on any atom is -0.271 e. The molecule has 0 unspecified atom stereocenters.